The Bertz CT molecular complexity index is 437. The molecule has 0 aromatic carbocycles. The van der Waals surface area contributed by atoms with Gasteiger partial charge in [-0.3, -0.25) is 0 Å². The first kappa shape index (κ1) is 7.62. The summed E-state index contributed by atoms with van der Waals surface area (Å²) in [7, 11) is 5.49. The van der Waals surface area contributed by atoms with Crippen molar-refractivity contribution in [3.8, 4) is 0 Å². The van der Waals surface area contributed by atoms with Gasteiger partial charge in [-0.05, 0) is 6.92 Å². The number of aryl methyl sites for hydroxylation is 1. The molecule has 2 aromatic rings. The summed E-state index contributed by atoms with van der Waals surface area (Å²) in [5, 5.41) is 0.336. The van der Waals surface area contributed by atoms with E-state index in [0.29, 0.717) is 16.4 Å². The molecule has 5 heteroatoms. The summed E-state index contributed by atoms with van der Waals surface area (Å²) < 4.78 is 1.76. The minimum absolute atomic E-state index is 0.336. The summed E-state index contributed by atoms with van der Waals surface area (Å²) >= 11 is 5.80. The lowest BCUT2D eigenvalue weighted by Crippen LogP contribution is -2.10. The Kier molecular flexibility index (Phi) is 1.58. The summed E-state index contributed by atoms with van der Waals surface area (Å²) in [6.45, 7) is 1.89. The van der Waals surface area contributed by atoms with E-state index in [2.05, 4.69) is 9.97 Å². The van der Waals surface area contributed by atoms with E-state index < -0.39 is 0 Å². The molecule has 2 rings (SSSR count). The Morgan fingerprint density at radius 1 is 1.42 bits per heavy atom. The van der Waals surface area contributed by atoms with Crippen LogP contribution in [0.1, 0.15) is 5.69 Å². The lowest BCUT2D eigenvalue weighted by molar-refractivity contribution is 1.15. The minimum atomic E-state index is 0.336. The summed E-state index contributed by atoms with van der Waals surface area (Å²) in [5.74, 6) is 0. The summed E-state index contributed by atoms with van der Waals surface area (Å²) in [6, 6.07) is 0. The van der Waals surface area contributed by atoms with Crippen LogP contribution in [0.4, 0.5) is 0 Å². The maximum atomic E-state index is 5.80. The highest BCUT2D eigenvalue weighted by molar-refractivity contribution is 6.35. The highest BCUT2D eigenvalue weighted by Gasteiger charge is 2.03. The zero-order chi connectivity index (χ0) is 8.72. The van der Waals surface area contributed by atoms with E-state index >= 15 is 0 Å². The van der Waals surface area contributed by atoms with Gasteiger partial charge in [-0.25, -0.2) is 9.97 Å². The van der Waals surface area contributed by atoms with Gasteiger partial charge < -0.3 is 4.40 Å². The molecule has 0 saturated heterocycles. The van der Waals surface area contributed by atoms with E-state index in [9.17, 15) is 0 Å². The summed E-state index contributed by atoms with van der Waals surface area (Å²) in [5.41, 5.74) is 1.93. The molecule has 2 aromatic heterocycles. The molecule has 0 N–H and O–H groups in total. The molecule has 0 atom stereocenters. The first-order chi connectivity index (χ1) is 5.66. The monoisotopic (exact) mass is 177 g/mol. The lowest BCUT2D eigenvalue weighted by atomic mass is 10.1. The number of imidazole rings is 1. The van der Waals surface area contributed by atoms with Gasteiger partial charge in [-0.1, -0.05) is 11.6 Å². The average molecular weight is 177 g/mol. The molecule has 0 aliphatic rings. The van der Waals surface area contributed by atoms with Crippen LogP contribution < -0.4 is 5.59 Å². The fourth-order valence-electron chi connectivity index (χ4n) is 1.10. The van der Waals surface area contributed by atoms with Gasteiger partial charge in [0.15, 0.2) is 10.8 Å². The Labute approximate surface area is 75.8 Å². The van der Waals surface area contributed by atoms with Crippen molar-refractivity contribution in [2.75, 3.05) is 0 Å². The highest BCUT2D eigenvalue weighted by Crippen LogP contribution is 2.11. The van der Waals surface area contributed by atoms with E-state index in [1.54, 1.807) is 10.6 Å². The fraction of sp³-hybridized carbons (Fsp3) is 0.143. The predicted molar refractivity (Wildman–Crippen MR) is 48.1 cm³/mol. The van der Waals surface area contributed by atoms with Crippen LogP contribution >= 0.6 is 11.6 Å². The Morgan fingerprint density at radius 2 is 2.17 bits per heavy atom. The van der Waals surface area contributed by atoms with Crippen molar-refractivity contribution in [2.45, 2.75) is 6.92 Å². The highest BCUT2D eigenvalue weighted by atomic mass is 35.5. The molecule has 0 spiro atoms. The van der Waals surface area contributed by atoms with Crippen LogP contribution in [0.5, 0.6) is 0 Å². The van der Waals surface area contributed by atoms with Gasteiger partial charge in [0, 0.05) is 18.0 Å². The lowest BCUT2D eigenvalue weighted by Gasteiger charge is -1.96. The van der Waals surface area contributed by atoms with E-state index in [4.69, 9.17) is 19.4 Å². The SMILES string of the molecule is [B]c1cn2cc(C)nc2c(Cl)n1. The van der Waals surface area contributed by atoms with Crippen molar-refractivity contribution in [3.63, 3.8) is 0 Å². The molecule has 0 aliphatic heterocycles. The largest absolute Gasteiger partial charge is 0.303 e. The van der Waals surface area contributed by atoms with Gasteiger partial charge in [0.1, 0.15) is 7.85 Å². The van der Waals surface area contributed by atoms with Crippen molar-refractivity contribution >= 4 is 30.7 Å². The van der Waals surface area contributed by atoms with Gasteiger partial charge in [-0.15, -0.1) is 0 Å². The second-order valence-corrected chi connectivity index (χ2v) is 2.93. The Balaban J connectivity index is 2.88. The maximum absolute atomic E-state index is 5.80. The van der Waals surface area contributed by atoms with Gasteiger partial charge in [0.2, 0.25) is 0 Å². The minimum Gasteiger partial charge on any atom is -0.303 e. The third kappa shape index (κ3) is 1.08. The Morgan fingerprint density at radius 3 is 2.92 bits per heavy atom. The number of rotatable bonds is 0. The van der Waals surface area contributed by atoms with Crippen molar-refractivity contribution in [1.82, 2.24) is 14.4 Å². The first-order valence-electron chi connectivity index (χ1n) is 3.44. The predicted octanol–water partition coefficient (Wildman–Crippen LogP) is 0.485. The van der Waals surface area contributed by atoms with Crippen LogP contribution in [0.2, 0.25) is 5.15 Å². The molecule has 2 radical (unpaired) electrons. The molecule has 0 fully saturated rings. The molecule has 58 valence electrons. The standard InChI is InChI=1S/C7H5BClN3/c1-4-2-12-3-5(8)11-6(9)7(12)10-4/h2-3H,1H3. The van der Waals surface area contributed by atoms with Crippen LogP contribution in [-0.4, -0.2) is 22.2 Å². The average Bonchev–Trinajstić information content (AvgIpc) is 2.29. The number of aromatic nitrogens is 3. The number of hydrogen-bond donors (Lipinski definition) is 0. The van der Waals surface area contributed by atoms with Crippen molar-refractivity contribution in [3.05, 3.63) is 23.2 Å². The van der Waals surface area contributed by atoms with E-state index in [-0.39, 0.29) is 0 Å². The van der Waals surface area contributed by atoms with E-state index in [1.165, 1.54) is 0 Å². The normalized spacial score (nSPS) is 10.8. The quantitative estimate of drug-likeness (QED) is 0.548. The number of halogens is 1. The molecular weight excluding hydrogens is 172 g/mol. The van der Waals surface area contributed by atoms with Crippen molar-refractivity contribution < 1.29 is 0 Å². The number of hydrogen-bond acceptors (Lipinski definition) is 2. The molecule has 0 bridgehead atoms. The van der Waals surface area contributed by atoms with Gasteiger partial charge in [0.05, 0.1) is 5.69 Å². The molecule has 2 heterocycles. The summed E-state index contributed by atoms with van der Waals surface area (Å²) in [4.78, 5) is 8.04. The second-order valence-electron chi connectivity index (χ2n) is 2.57. The topological polar surface area (TPSA) is 30.2 Å². The van der Waals surface area contributed by atoms with E-state index in [1.807, 2.05) is 13.1 Å². The van der Waals surface area contributed by atoms with Crippen molar-refractivity contribution in [1.29, 1.82) is 0 Å². The summed E-state index contributed by atoms with van der Waals surface area (Å²) in [6.07, 6.45) is 3.53. The fourth-order valence-corrected chi connectivity index (χ4v) is 1.34. The molecular formula is C7H5BClN3. The van der Waals surface area contributed by atoms with Crippen molar-refractivity contribution in [2.24, 2.45) is 0 Å². The van der Waals surface area contributed by atoms with Crippen LogP contribution in [-0.2, 0) is 0 Å². The Hall–Kier alpha value is -1.03. The smallest absolute Gasteiger partial charge is 0.175 e. The van der Waals surface area contributed by atoms with Crippen LogP contribution in [0.25, 0.3) is 5.65 Å². The van der Waals surface area contributed by atoms with Crippen LogP contribution in [0.15, 0.2) is 12.4 Å². The molecule has 0 unspecified atom stereocenters. The second kappa shape index (κ2) is 2.49. The molecule has 0 amide bonds. The zero-order valence-corrected chi connectivity index (χ0v) is 7.21. The molecule has 12 heavy (non-hydrogen) atoms. The third-order valence-electron chi connectivity index (χ3n) is 1.54. The molecule has 0 aliphatic carbocycles. The van der Waals surface area contributed by atoms with Crippen LogP contribution in [0, 0.1) is 6.92 Å². The van der Waals surface area contributed by atoms with E-state index in [0.717, 1.165) is 5.69 Å². The molecule has 3 nitrogen and oxygen atoms in total. The van der Waals surface area contributed by atoms with Crippen LogP contribution in [0.3, 0.4) is 0 Å². The van der Waals surface area contributed by atoms with Gasteiger partial charge in [-0.2, -0.15) is 0 Å². The van der Waals surface area contributed by atoms with Gasteiger partial charge in [0.25, 0.3) is 0 Å². The number of nitrogens with zero attached hydrogens (tertiary/aromatic N) is 3. The molecule has 0 saturated carbocycles. The first-order valence-corrected chi connectivity index (χ1v) is 3.82. The number of fused-ring (bicyclic) bond motifs is 1. The zero-order valence-electron chi connectivity index (χ0n) is 6.45. The maximum Gasteiger partial charge on any atom is 0.175 e. The third-order valence-corrected chi connectivity index (χ3v) is 1.79. The van der Waals surface area contributed by atoms with Gasteiger partial charge >= 0.3 is 0 Å².